The zero-order valence-electron chi connectivity index (χ0n) is 20.3. The van der Waals surface area contributed by atoms with Gasteiger partial charge in [0.1, 0.15) is 12.0 Å². The molecule has 0 saturated heterocycles. The number of aromatic nitrogens is 4. The number of carbonyl (C=O) groups excluding carboxylic acids is 1. The molecule has 0 atom stereocenters. The van der Waals surface area contributed by atoms with Crippen molar-refractivity contribution in [3.8, 4) is 0 Å². The fraction of sp³-hybridized carbons (Fsp3) is 0.138. The molecule has 3 aromatic carbocycles. The van der Waals surface area contributed by atoms with Gasteiger partial charge in [0, 0.05) is 29.7 Å². The van der Waals surface area contributed by atoms with E-state index in [0.29, 0.717) is 31.2 Å². The van der Waals surface area contributed by atoms with E-state index in [1.165, 1.54) is 0 Å². The molecule has 5 rings (SSSR count). The standard InChI is InChI=1S/C29H25BrN6O/c1-31-16-21-6-8-22(9-7-21)18-36-20-32-34-28(36)19-35(17-23-10-13-25(30)14-11-23)29(37)27-15-12-24-4-2-3-5-26(24)33-27/h2-16,20H,17-19H2,1H3. The van der Waals surface area contributed by atoms with Crippen LogP contribution in [-0.2, 0) is 19.6 Å². The van der Waals surface area contributed by atoms with Crippen molar-refractivity contribution in [1.29, 1.82) is 0 Å². The van der Waals surface area contributed by atoms with Gasteiger partial charge >= 0.3 is 0 Å². The van der Waals surface area contributed by atoms with Crippen LogP contribution < -0.4 is 0 Å². The van der Waals surface area contributed by atoms with E-state index in [0.717, 1.165) is 32.1 Å². The number of benzene rings is 3. The molecule has 0 unspecified atom stereocenters. The quantitative estimate of drug-likeness (QED) is 0.237. The van der Waals surface area contributed by atoms with Crippen molar-refractivity contribution in [2.24, 2.45) is 4.99 Å². The molecule has 0 fully saturated rings. The predicted octanol–water partition coefficient (Wildman–Crippen LogP) is 5.53. The van der Waals surface area contributed by atoms with Crippen molar-refractivity contribution in [3.05, 3.63) is 124 Å². The van der Waals surface area contributed by atoms with Gasteiger partial charge in [-0.15, -0.1) is 10.2 Å². The van der Waals surface area contributed by atoms with Gasteiger partial charge in [0.2, 0.25) is 0 Å². The molecule has 0 aliphatic heterocycles. The number of rotatable bonds is 8. The Balaban J connectivity index is 1.42. The number of amides is 1. The van der Waals surface area contributed by atoms with Gasteiger partial charge in [0.05, 0.1) is 18.6 Å². The largest absolute Gasteiger partial charge is 0.325 e. The molecule has 184 valence electrons. The molecule has 5 aromatic rings. The Bertz CT molecular complexity index is 1540. The number of aliphatic imine (C=N–C) groups is 1. The number of hydrogen-bond donors (Lipinski definition) is 0. The predicted molar refractivity (Wildman–Crippen MR) is 149 cm³/mol. The molecular formula is C29H25BrN6O. The third kappa shape index (κ3) is 5.98. The van der Waals surface area contributed by atoms with Crippen LogP contribution in [0.3, 0.4) is 0 Å². The molecule has 7 nitrogen and oxygen atoms in total. The lowest BCUT2D eigenvalue weighted by Gasteiger charge is -2.23. The number of hydrogen-bond acceptors (Lipinski definition) is 5. The van der Waals surface area contributed by atoms with Gasteiger partial charge in [0.25, 0.3) is 5.91 Å². The second kappa shape index (κ2) is 11.3. The summed E-state index contributed by atoms with van der Waals surface area (Å²) < 4.78 is 2.96. The van der Waals surface area contributed by atoms with E-state index in [2.05, 4.69) is 48.2 Å². The lowest BCUT2D eigenvalue weighted by molar-refractivity contribution is 0.0718. The number of pyridine rings is 1. The first kappa shape index (κ1) is 24.5. The highest BCUT2D eigenvalue weighted by Gasteiger charge is 2.21. The summed E-state index contributed by atoms with van der Waals surface area (Å²) in [6.07, 6.45) is 3.52. The summed E-state index contributed by atoms with van der Waals surface area (Å²) in [4.78, 5) is 24.2. The van der Waals surface area contributed by atoms with Gasteiger partial charge in [-0.25, -0.2) is 4.98 Å². The average molecular weight is 553 g/mol. The van der Waals surface area contributed by atoms with Crippen LogP contribution in [0.25, 0.3) is 10.9 Å². The molecule has 0 aliphatic rings. The summed E-state index contributed by atoms with van der Waals surface area (Å²) in [5.74, 6) is 0.539. The van der Waals surface area contributed by atoms with Gasteiger partial charge in [-0.05, 0) is 41.0 Å². The SMILES string of the molecule is CN=Cc1ccc(Cn2cnnc2CN(Cc2ccc(Br)cc2)C(=O)c2ccc3ccccc3n2)cc1. The van der Waals surface area contributed by atoms with Crippen molar-refractivity contribution < 1.29 is 4.79 Å². The van der Waals surface area contributed by atoms with E-state index in [1.807, 2.05) is 77.5 Å². The minimum Gasteiger partial charge on any atom is -0.325 e. The Labute approximate surface area is 223 Å². The Morgan fingerprint density at radius 2 is 1.70 bits per heavy atom. The first-order chi connectivity index (χ1) is 18.1. The Hall–Kier alpha value is -4.17. The highest BCUT2D eigenvalue weighted by Crippen LogP contribution is 2.18. The number of halogens is 1. The van der Waals surface area contributed by atoms with Gasteiger partial charge in [-0.1, -0.05) is 76.6 Å². The average Bonchev–Trinajstić information content (AvgIpc) is 3.36. The summed E-state index contributed by atoms with van der Waals surface area (Å²) >= 11 is 3.48. The molecule has 0 N–H and O–H groups in total. The molecule has 0 aliphatic carbocycles. The van der Waals surface area contributed by atoms with Crippen LogP contribution >= 0.6 is 15.9 Å². The van der Waals surface area contributed by atoms with Gasteiger partial charge in [-0.2, -0.15) is 0 Å². The van der Waals surface area contributed by atoms with E-state index >= 15 is 0 Å². The Morgan fingerprint density at radius 1 is 0.946 bits per heavy atom. The number of carbonyl (C=O) groups is 1. The second-order valence-electron chi connectivity index (χ2n) is 8.68. The second-order valence-corrected chi connectivity index (χ2v) is 9.60. The van der Waals surface area contributed by atoms with E-state index in [4.69, 9.17) is 0 Å². The smallest absolute Gasteiger partial charge is 0.273 e. The van der Waals surface area contributed by atoms with Crippen molar-refractivity contribution >= 4 is 39.0 Å². The van der Waals surface area contributed by atoms with Gasteiger partial charge in [0.15, 0.2) is 5.82 Å². The maximum absolute atomic E-state index is 13.7. The zero-order valence-corrected chi connectivity index (χ0v) is 21.9. The summed E-state index contributed by atoms with van der Waals surface area (Å²) in [5, 5.41) is 9.49. The molecule has 0 radical (unpaired) electrons. The fourth-order valence-electron chi connectivity index (χ4n) is 4.12. The minimum absolute atomic E-state index is 0.161. The molecule has 8 heteroatoms. The van der Waals surface area contributed by atoms with Gasteiger partial charge in [-0.3, -0.25) is 9.79 Å². The topological polar surface area (TPSA) is 76.3 Å². The lowest BCUT2D eigenvalue weighted by atomic mass is 10.1. The van der Waals surface area contributed by atoms with Crippen molar-refractivity contribution in [2.45, 2.75) is 19.6 Å². The first-order valence-corrected chi connectivity index (χ1v) is 12.7. The summed E-state index contributed by atoms with van der Waals surface area (Å²) in [7, 11) is 1.76. The van der Waals surface area contributed by atoms with Crippen molar-refractivity contribution in [2.75, 3.05) is 7.05 Å². The van der Waals surface area contributed by atoms with Crippen LogP contribution in [0.1, 0.15) is 33.0 Å². The van der Waals surface area contributed by atoms with Crippen LogP contribution in [-0.4, -0.2) is 43.8 Å². The molecule has 1 amide bonds. The third-order valence-electron chi connectivity index (χ3n) is 6.03. The van der Waals surface area contributed by atoms with Crippen LogP contribution in [0.15, 0.2) is 101 Å². The van der Waals surface area contributed by atoms with E-state index in [9.17, 15) is 4.79 Å². The van der Waals surface area contributed by atoms with E-state index < -0.39 is 0 Å². The molecule has 0 bridgehead atoms. The summed E-state index contributed by atoms with van der Waals surface area (Å²) in [6.45, 7) is 1.31. The normalized spacial score (nSPS) is 11.3. The maximum Gasteiger partial charge on any atom is 0.273 e. The highest BCUT2D eigenvalue weighted by atomic mass is 79.9. The zero-order chi connectivity index (χ0) is 25.6. The van der Waals surface area contributed by atoms with Crippen LogP contribution in [0, 0.1) is 0 Å². The number of fused-ring (bicyclic) bond motifs is 1. The summed E-state index contributed by atoms with van der Waals surface area (Å²) in [5.41, 5.74) is 4.35. The van der Waals surface area contributed by atoms with Crippen LogP contribution in [0.5, 0.6) is 0 Å². The van der Waals surface area contributed by atoms with Crippen molar-refractivity contribution in [3.63, 3.8) is 0 Å². The fourth-order valence-corrected chi connectivity index (χ4v) is 4.38. The van der Waals surface area contributed by atoms with Crippen LogP contribution in [0.4, 0.5) is 0 Å². The van der Waals surface area contributed by atoms with Crippen molar-refractivity contribution in [1.82, 2.24) is 24.6 Å². The molecule has 2 heterocycles. The van der Waals surface area contributed by atoms with E-state index in [1.54, 1.807) is 24.3 Å². The maximum atomic E-state index is 13.7. The lowest BCUT2D eigenvalue weighted by Crippen LogP contribution is -2.32. The molecule has 0 spiro atoms. The minimum atomic E-state index is -0.161. The van der Waals surface area contributed by atoms with Gasteiger partial charge < -0.3 is 9.47 Å². The Kier molecular flexibility index (Phi) is 7.46. The Morgan fingerprint density at radius 3 is 2.49 bits per heavy atom. The molecule has 2 aromatic heterocycles. The first-order valence-electron chi connectivity index (χ1n) is 11.9. The molecular weight excluding hydrogens is 528 g/mol. The highest BCUT2D eigenvalue weighted by molar-refractivity contribution is 9.10. The molecule has 0 saturated carbocycles. The number of para-hydroxylation sites is 1. The number of nitrogens with zero attached hydrogens (tertiary/aromatic N) is 6. The summed E-state index contributed by atoms with van der Waals surface area (Å²) in [6, 6.07) is 27.6. The third-order valence-corrected chi connectivity index (χ3v) is 6.56. The molecule has 37 heavy (non-hydrogen) atoms. The van der Waals surface area contributed by atoms with Crippen LogP contribution in [0.2, 0.25) is 0 Å². The van der Waals surface area contributed by atoms with E-state index in [-0.39, 0.29) is 5.91 Å². The monoisotopic (exact) mass is 552 g/mol.